The van der Waals surface area contributed by atoms with Crippen LogP contribution in [-0.2, 0) is 0 Å². The fraction of sp³-hybridized carbons (Fsp3) is 0.0625. The Bertz CT molecular complexity index is 1540. The fourth-order valence-corrected chi connectivity index (χ4v) is 3.88. The molecule has 0 aliphatic rings. The van der Waals surface area contributed by atoms with Crippen LogP contribution in [0.15, 0.2) is 115 Å². The van der Waals surface area contributed by atoms with Crippen molar-refractivity contribution in [2.75, 3.05) is 34.9 Å². The van der Waals surface area contributed by atoms with E-state index in [4.69, 9.17) is 0 Å². The molecule has 0 unspecified atom stereocenters. The van der Waals surface area contributed by atoms with Crippen molar-refractivity contribution in [3.05, 3.63) is 126 Å². The molecule has 0 saturated carbocycles. The molecule has 0 aliphatic carbocycles. The van der Waals surface area contributed by atoms with Crippen LogP contribution in [0.2, 0.25) is 0 Å². The second-order valence-electron chi connectivity index (χ2n) is 9.18. The number of ketones is 1. The molecule has 0 amide bonds. The summed E-state index contributed by atoms with van der Waals surface area (Å²) >= 11 is 0. The molecule has 0 saturated heterocycles. The largest absolute Gasteiger partial charge is 0.378 e. The van der Waals surface area contributed by atoms with E-state index in [9.17, 15) is 4.79 Å². The van der Waals surface area contributed by atoms with E-state index in [0.29, 0.717) is 29.1 Å². The predicted octanol–water partition coefficient (Wildman–Crippen LogP) is 7.06. The molecule has 4 aromatic carbocycles. The van der Waals surface area contributed by atoms with Gasteiger partial charge in [0.2, 0.25) is 17.8 Å². The minimum atomic E-state index is -0.103. The number of allylic oxidation sites excluding steroid dienone is 1. The minimum Gasteiger partial charge on any atom is -0.378 e. The van der Waals surface area contributed by atoms with Gasteiger partial charge in [-0.25, -0.2) is 0 Å². The Balaban J connectivity index is 1.35. The molecule has 8 heteroatoms. The summed E-state index contributed by atoms with van der Waals surface area (Å²) in [4.78, 5) is 28.6. The lowest BCUT2D eigenvalue weighted by Gasteiger charge is -2.12. The van der Waals surface area contributed by atoms with E-state index in [0.717, 1.165) is 22.6 Å². The van der Waals surface area contributed by atoms with E-state index in [1.165, 1.54) is 0 Å². The average molecular weight is 528 g/mol. The Morgan fingerprint density at radius 2 is 1.12 bits per heavy atom. The molecule has 8 nitrogen and oxygen atoms in total. The topological polar surface area (TPSA) is 95.1 Å². The highest BCUT2D eigenvalue weighted by atomic mass is 16.1. The van der Waals surface area contributed by atoms with Gasteiger partial charge in [0.1, 0.15) is 0 Å². The first kappa shape index (κ1) is 26.1. The summed E-state index contributed by atoms with van der Waals surface area (Å²) in [5.74, 6) is 0.969. The molecule has 0 aliphatic heterocycles. The second-order valence-corrected chi connectivity index (χ2v) is 9.18. The molecule has 0 fully saturated rings. The van der Waals surface area contributed by atoms with Crippen LogP contribution < -0.4 is 20.9 Å². The maximum atomic E-state index is 12.9. The zero-order valence-electron chi connectivity index (χ0n) is 22.2. The van der Waals surface area contributed by atoms with Gasteiger partial charge in [-0.1, -0.05) is 66.7 Å². The van der Waals surface area contributed by atoms with Gasteiger partial charge in [-0.05, 0) is 60.2 Å². The molecular weight excluding hydrogens is 498 g/mol. The van der Waals surface area contributed by atoms with Crippen molar-refractivity contribution in [1.82, 2.24) is 15.0 Å². The number of hydrogen-bond acceptors (Lipinski definition) is 8. The first-order valence-corrected chi connectivity index (χ1v) is 12.8. The highest BCUT2D eigenvalue weighted by Gasteiger charge is 2.10. The molecule has 0 atom stereocenters. The lowest BCUT2D eigenvalue weighted by Crippen LogP contribution is -2.07. The quantitative estimate of drug-likeness (QED) is 0.131. The Morgan fingerprint density at radius 1 is 0.625 bits per heavy atom. The zero-order valence-corrected chi connectivity index (χ0v) is 22.2. The molecule has 5 aromatic rings. The van der Waals surface area contributed by atoms with E-state index in [1.807, 2.05) is 122 Å². The van der Waals surface area contributed by atoms with E-state index < -0.39 is 0 Å². The lowest BCUT2D eigenvalue weighted by atomic mass is 10.1. The number of para-hydroxylation sites is 2. The van der Waals surface area contributed by atoms with Crippen molar-refractivity contribution in [1.29, 1.82) is 0 Å². The normalized spacial score (nSPS) is 10.8. The smallest absolute Gasteiger partial charge is 0.233 e. The molecule has 1 aromatic heterocycles. The summed E-state index contributed by atoms with van der Waals surface area (Å²) in [5.41, 5.74) is 4.98. The van der Waals surface area contributed by atoms with Crippen LogP contribution in [0.1, 0.15) is 15.9 Å². The van der Waals surface area contributed by atoms with Crippen molar-refractivity contribution >= 4 is 52.5 Å². The number of benzene rings is 4. The van der Waals surface area contributed by atoms with Crippen molar-refractivity contribution in [3.63, 3.8) is 0 Å². The minimum absolute atomic E-state index is 0.103. The maximum absolute atomic E-state index is 12.9. The summed E-state index contributed by atoms with van der Waals surface area (Å²) in [6.07, 6.45) is 3.40. The van der Waals surface area contributed by atoms with Crippen molar-refractivity contribution < 1.29 is 4.79 Å². The van der Waals surface area contributed by atoms with Crippen LogP contribution in [0, 0.1) is 0 Å². The van der Waals surface area contributed by atoms with Gasteiger partial charge in [-0.2, -0.15) is 15.0 Å². The molecule has 0 radical (unpaired) electrons. The van der Waals surface area contributed by atoms with Crippen molar-refractivity contribution in [3.8, 4) is 0 Å². The summed E-state index contributed by atoms with van der Waals surface area (Å²) in [6.45, 7) is 0. The lowest BCUT2D eigenvalue weighted by molar-refractivity contribution is 0.104. The SMILES string of the molecule is CN(C)c1ccc(/C=C/C(=O)c2cccc(Nc3nc(Nc4ccccc4)nc(Nc4ccccc4)n3)c2)cc1. The molecule has 0 spiro atoms. The molecule has 5 rings (SSSR count). The van der Waals surface area contributed by atoms with Crippen LogP contribution in [-0.4, -0.2) is 34.8 Å². The zero-order chi connectivity index (χ0) is 27.7. The Kier molecular flexibility index (Phi) is 8.07. The van der Waals surface area contributed by atoms with Crippen molar-refractivity contribution in [2.45, 2.75) is 0 Å². The number of hydrogen-bond donors (Lipinski definition) is 3. The Hall–Kier alpha value is -5.50. The number of carbonyl (C=O) groups excluding carboxylic acids is 1. The summed E-state index contributed by atoms with van der Waals surface area (Å²) in [5, 5.41) is 9.66. The van der Waals surface area contributed by atoms with E-state index >= 15 is 0 Å². The van der Waals surface area contributed by atoms with Crippen molar-refractivity contribution in [2.24, 2.45) is 0 Å². The summed E-state index contributed by atoms with van der Waals surface area (Å²) < 4.78 is 0. The molecular formula is C32H29N7O. The second kappa shape index (κ2) is 12.4. The van der Waals surface area contributed by atoms with Crippen LogP contribution in [0.5, 0.6) is 0 Å². The Morgan fingerprint density at radius 3 is 1.65 bits per heavy atom. The van der Waals surface area contributed by atoms with E-state index in [1.54, 1.807) is 18.2 Å². The highest BCUT2D eigenvalue weighted by Crippen LogP contribution is 2.22. The number of carbonyl (C=O) groups is 1. The first-order valence-electron chi connectivity index (χ1n) is 12.8. The van der Waals surface area contributed by atoms with Gasteiger partial charge in [-0.3, -0.25) is 4.79 Å². The number of anilines is 7. The third-order valence-electron chi connectivity index (χ3n) is 5.94. The van der Waals surface area contributed by atoms with Gasteiger partial charge in [-0.15, -0.1) is 0 Å². The van der Waals surface area contributed by atoms with Gasteiger partial charge in [0.05, 0.1) is 0 Å². The average Bonchev–Trinajstić information content (AvgIpc) is 2.97. The molecule has 198 valence electrons. The van der Waals surface area contributed by atoms with Crippen LogP contribution >= 0.6 is 0 Å². The van der Waals surface area contributed by atoms with Crippen LogP contribution in [0.3, 0.4) is 0 Å². The van der Waals surface area contributed by atoms with Gasteiger partial charge in [0, 0.05) is 42.4 Å². The molecule has 3 N–H and O–H groups in total. The summed E-state index contributed by atoms with van der Waals surface area (Å²) in [6, 6.07) is 34.6. The van der Waals surface area contributed by atoms with E-state index in [2.05, 4.69) is 30.9 Å². The number of nitrogens with one attached hydrogen (secondary N) is 3. The standard InChI is InChI=1S/C32H29N7O/c1-39(2)28-19-16-23(17-20-28)18-21-29(40)24-10-9-15-27(22-24)35-32-37-30(33-25-11-5-3-6-12-25)36-31(38-32)34-26-13-7-4-8-14-26/h3-22H,1-2H3,(H3,33,34,35,36,37,38)/b21-18+. The number of nitrogens with zero attached hydrogens (tertiary/aromatic N) is 4. The van der Waals surface area contributed by atoms with Gasteiger partial charge >= 0.3 is 0 Å². The maximum Gasteiger partial charge on any atom is 0.233 e. The first-order chi connectivity index (χ1) is 19.5. The third-order valence-corrected chi connectivity index (χ3v) is 5.94. The van der Waals surface area contributed by atoms with Gasteiger partial charge in [0.15, 0.2) is 5.78 Å². The van der Waals surface area contributed by atoms with Gasteiger partial charge < -0.3 is 20.9 Å². The molecule has 0 bridgehead atoms. The Labute approximate surface area is 233 Å². The summed E-state index contributed by atoms with van der Waals surface area (Å²) in [7, 11) is 3.99. The van der Waals surface area contributed by atoms with Crippen LogP contribution in [0.25, 0.3) is 6.08 Å². The van der Waals surface area contributed by atoms with Crippen LogP contribution in [0.4, 0.5) is 40.6 Å². The van der Waals surface area contributed by atoms with Gasteiger partial charge in [0.25, 0.3) is 0 Å². The number of rotatable bonds is 10. The predicted molar refractivity (Wildman–Crippen MR) is 163 cm³/mol. The molecule has 40 heavy (non-hydrogen) atoms. The third kappa shape index (κ3) is 7.08. The number of aromatic nitrogens is 3. The molecule has 1 heterocycles. The highest BCUT2D eigenvalue weighted by molar-refractivity contribution is 6.07. The monoisotopic (exact) mass is 527 g/mol. The van der Waals surface area contributed by atoms with E-state index in [-0.39, 0.29) is 5.78 Å². The fourth-order valence-electron chi connectivity index (χ4n) is 3.88.